The molecule has 2 atom stereocenters. The Morgan fingerprint density at radius 1 is 1.20 bits per heavy atom. The second kappa shape index (κ2) is 6.29. The van der Waals surface area contributed by atoms with Crippen molar-refractivity contribution in [3.05, 3.63) is 46.2 Å². The lowest BCUT2D eigenvalue weighted by Crippen LogP contribution is -2.22. The van der Waals surface area contributed by atoms with Crippen LogP contribution in [-0.4, -0.2) is 19.3 Å². The van der Waals surface area contributed by atoms with Crippen molar-refractivity contribution in [1.82, 2.24) is 0 Å². The van der Waals surface area contributed by atoms with E-state index in [1.807, 2.05) is 25.2 Å². The molecule has 0 radical (unpaired) electrons. The van der Waals surface area contributed by atoms with Crippen LogP contribution >= 0.6 is 11.3 Å². The molecule has 108 valence electrons. The molecule has 4 heteroatoms. The van der Waals surface area contributed by atoms with Crippen LogP contribution in [-0.2, 0) is 0 Å². The van der Waals surface area contributed by atoms with Gasteiger partial charge in [0.05, 0.1) is 19.3 Å². The van der Waals surface area contributed by atoms with Gasteiger partial charge in [-0.2, -0.15) is 0 Å². The van der Waals surface area contributed by atoms with Gasteiger partial charge in [-0.1, -0.05) is 12.1 Å². The van der Waals surface area contributed by atoms with Crippen molar-refractivity contribution < 1.29 is 9.84 Å². The SMILES string of the molecule is COc1cccc(N(C)C(C)c2cccs2)c1[C@H](C)O. The number of rotatable bonds is 5. The highest BCUT2D eigenvalue weighted by Crippen LogP contribution is 2.37. The molecular weight excluding hydrogens is 270 g/mol. The van der Waals surface area contributed by atoms with Crippen LogP contribution in [0.4, 0.5) is 5.69 Å². The summed E-state index contributed by atoms with van der Waals surface area (Å²) >= 11 is 1.74. The molecule has 0 aliphatic carbocycles. The molecule has 0 saturated carbocycles. The molecule has 2 rings (SSSR count). The van der Waals surface area contributed by atoms with Crippen LogP contribution in [0.25, 0.3) is 0 Å². The monoisotopic (exact) mass is 291 g/mol. The van der Waals surface area contributed by atoms with Gasteiger partial charge >= 0.3 is 0 Å². The second-order valence-corrected chi connectivity index (χ2v) is 5.85. The third-order valence-corrected chi connectivity index (χ3v) is 4.64. The number of nitrogens with zero attached hydrogens (tertiary/aromatic N) is 1. The molecular formula is C16H21NO2S. The fraction of sp³-hybridized carbons (Fsp3) is 0.375. The Morgan fingerprint density at radius 3 is 2.50 bits per heavy atom. The second-order valence-electron chi connectivity index (χ2n) is 4.87. The van der Waals surface area contributed by atoms with Crippen LogP contribution in [0.15, 0.2) is 35.7 Å². The standard InChI is InChI=1S/C16H21NO2S/c1-11(15-9-6-10-20-15)17(3)13-7-5-8-14(19-4)16(13)12(2)18/h5-12,18H,1-4H3/t11?,12-/m0/s1. The van der Waals surface area contributed by atoms with Crippen molar-refractivity contribution >= 4 is 17.0 Å². The van der Waals surface area contributed by atoms with Crippen molar-refractivity contribution in [2.45, 2.75) is 26.0 Å². The van der Waals surface area contributed by atoms with Crippen LogP contribution in [0.3, 0.4) is 0 Å². The lowest BCUT2D eigenvalue weighted by molar-refractivity contribution is 0.194. The van der Waals surface area contributed by atoms with Gasteiger partial charge in [-0.15, -0.1) is 11.3 Å². The first-order chi connectivity index (χ1) is 9.56. The minimum atomic E-state index is -0.570. The van der Waals surface area contributed by atoms with E-state index in [0.29, 0.717) is 0 Å². The van der Waals surface area contributed by atoms with Gasteiger partial charge in [-0.25, -0.2) is 0 Å². The summed E-state index contributed by atoms with van der Waals surface area (Å²) in [7, 11) is 3.68. The van der Waals surface area contributed by atoms with Gasteiger partial charge in [-0.3, -0.25) is 0 Å². The van der Waals surface area contributed by atoms with Crippen LogP contribution in [0, 0.1) is 0 Å². The lowest BCUT2D eigenvalue weighted by Gasteiger charge is -2.30. The average molecular weight is 291 g/mol. The molecule has 2 aromatic rings. The molecule has 1 aromatic carbocycles. The van der Waals surface area contributed by atoms with E-state index in [-0.39, 0.29) is 6.04 Å². The predicted molar refractivity (Wildman–Crippen MR) is 84.8 cm³/mol. The molecule has 0 bridgehead atoms. The third kappa shape index (κ3) is 2.81. The summed E-state index contributed by atoms with van der Waals surface area (Å²) < 4.78 is 5.38. The van der Waals surface area contributed by atoms with E-state index < -0.39 is 6.10 Å². The number of aliphatic hydroxyl groups is 1. The zero-order chi connectivity index (χ0) is 14.7. The maximum atomic E-state index is 10.1. The topological polar surface area (TPSA) is 32.7 Å². The van der Waals surface area contributed by atoms with Gasteiger partial charge in [0.15, 0.2) is 0 Å². The van der Waals surface area contributed by atoms with E-state index in [2.05, 4.69) is 29.3 Å². The molecule has 0 spiro atoms. The molecule has 0 aliphatic rings. The predicted octanol–water partition coefficient (Wildman–Crippen LogP) is 4.01. The van der Waals surface area contributed by atoms with E-state index in [1.54, 1.807) is 25.4 Å². The molecule has 1 N–H and O–H groups in total. The largest absolute Gasteiger partial charge is 0.496 e. The number of ether oxygens (including phenoxy) is 1. The van der Waals surface area contributed by atoms with Crippen LogP contribution in [0.5, 0.6) is 5.75 Å². The Hall–Kier alpha value is -1.52. The van der Waals surface area contributed by atoms with E-state index in [9.17, 15) is 5.11 Å². The minimum absolute atomic E-state index is 0.250. The van der Waals surface area contributed by atoms with E-state index >= 15 is 0 Å². The van der Waals surface area contributed by atoms with E-state index in [4.69, 9.17) is 4.74 Å². The summed E-state index contributed by atoms with van der Waals surface area (Å²) in [5.41, 5.74) is 1.83. The van der Waals surface area contributed by atoms with Crippen molar-refractivity contribution in [3.8, 4) is 5.75 Å². The molecule has 1 aromatic heterocycles. The third-order valence-electron chi connectivity index (χ3n) is 3.60. The fourth-order valence-corrected chi connectivity index (χ4v) is 3.19. The highest BCUT2D eigenvalue weighted by atomic mass is 32.1. The summed E-state index contributed by atoms with van der Waals surface area (Å²) in [6.07, 6.45) is -0.570. The fourth-order valence-electron chi connectivity index (χ4n) is 2.37. The summed E-state index contributed by atoms with van der Waals surface area (Å²) in [4.78, 5) is 3.48. The molecule has 0 amide bonds. The zero-order valence-electron chi connectivity index (χ0n) is 12.3. The Balaban J connectivity index is 2.41. The Bertz CT molecular complexity index is 552. The van der Waals surface area contributed by atoms with Crippen molar-refractivity contribution in [2.24, 2.45) is 0 Å². The van der Waals surface area contributed by atoms with Gasteiger partial charge < -0.3 is 14.7 Å². The first kappa shape index (κ1) is 14.9. The van der Waals surface area contributed by atoms with E-state index in [1.165, 1.54) is 4.88 Å². The molecule has 0 saturated heterocycles. The number of anilines is 1. The number of methoxy groups -OCH3 is 1. The van der Waals surface area contributed by atoms with Gasteiger partial charge in [0, 0.05) is 23.2 Å². The molecule has 20 heavy (non-hydrogen) atoms. The maximum Gasteiger partial charge on any atom is 0.126 e. The quantitative estimate of drug-likeness (QED) is 0.903. The molecule has 0 aliphatic heterocycles. The zero-order valence-corrected chi connectivity index (χ0v) is 13.1. The van der Waals surface area contributed by atoms with Crippen LogP contribution < -0.4 is 9.64 Å². The highest BCUT2D eigenvalue weighted by molar-refractivity contribution is 7.10. The Morgan fingerprint density at radius 2 is 1.95 bits per heavy atom. The number of thiophene rings is 1. The van der Waals surface area contributed by atoms with Crippen molar-refractivity contribution in [1.29, 1.82) is 0 Å². The lowest BCUT2D eigenvalue weighted by atomic mass is 10.0. The first-order valence-electron chi connectivity index (χ1n) is 6.67. The number of aliphatic hydroxyl groups excluding tert-OH is 1. The van der Waals surface area contributed by atoms with Gasteiger partial charge in [0.2, 0.25) is 0 Å². The summed E-state index contributed by atoms with van der Waals surface area (Å²) in [5.74, 6) is 0.725. The van der Waals surface area contributed by atoms with Crippen LogP contribution in [0.1, 0.15) is 36.4 Å². The highest BCUT2D eigenvalue weighted by Gasteiger charge is 2.20. The minimum Gasteiger partial charge on any atom is -0.496 e. The molecule has 3 nitrogen and oxygen atoms in total. The first-order valence-corrected chi connectivity index (χ1v) is 7.55. The molecule has 0 fully saturated rings. The van der Waals surface area contributed by atoms with Gasteiger partial charge in [0.1, 0.15) is 5.75 Å². The molecule has 1 heterocycles. The maximum absolute atomic E-state index is 10.1. The Kier molecular flexibility index (Phi) is 4.68. The van der Waals surface area contributed by atoms with Gasteiger partial charge in [-0.05, 0) is 37.4 Å². The average Bonchev–Trinajstić information content (AvgIpc) is 2.98. The summed E-state index contributed by atoms with van der Waals surface area (Å²) in [6.45, 7) is 3.93. The van der Waals surface area contributed by atoms with Crippen molar-refractivity contribution in [3.63, 3.8) is 0 Å². The van der Waals surface area contributed by atoms with Gasteiger partial charge in [0.25, 0.3) is 0 Å². The smallest absolute Gasteiger partial charge is 0.126 e. The summed E-state index contributed by atoms with van der Waals surface area (Å²) in [5, 5.41) is 12.2. The Labute approximate surface area is 124 Å². The number of hydrogen-bond acceptors (Lipinski definition) is 4. The number of benzene rings is 1. The van der Waals surface area contributed by atoms with E-state index in [0.717, 1.165) is 17.0 Å². The number of hydrogen-bond donors (Lipinski definition) is 1. The molecule has 1 unspecified atom stereocenters. The van der Waals surface area contributed by atoms with Crippen LogP contribution in [0.2, 0.25) is 0 Å². The normalized spacial score (nSPS) is 13.8. The summed E-state index contributed by atoms with van der Waals surface area (Å²) in [6, 6.07) is 10.3. The van der Waals surface area contributed by atoms with Crippen molar-refractivity contribution in [2.75, 3.05) is 19.1 Å².